The van der Waals surface area contributed by atoms with Gasteiger partial charge in [-0.05, 0) is 51.1 Å². The van der Waals surface area contributed by atoms with Gasteiger partial charge in [0, 0.05) is 29.2 Å². The summed E-state index contributed by atoms with van der Waals surface area (Å²) in [6, 6.07) is 7.42. The summed E-state index contributed by atoms with van der Waals surface area (Å²) >= 11 is 6.04. The number of halogens is 1. The molecule has 0 saturated carbocycles. The SMILES string of the molecule is C/C=C\c1ncc(Cl)cc1C(=O)C(/C=C(\C)NCc1ccccn1)=C/C. The maximum atomic E-state index is 12.9. The van der Waals surface area contributed by atoms with Crippen molar-refractivity contribution in [3.63, 3.8) is 0 Å². The quantitative estimate of drug-likeness (QED) is 0.425. The van der Waals surface area contributed by atoms with E-state index in [1.807, 2.05) is 51.1 Å². The molecule has 134 valence electrons. The summed E-state index contributed by atoms with van der Waals surface area (Å²) < 4.78 is 0. The van der Waals surface area contributed by atoms with Crippen LogP contribution in [-0.2, 0) is 6.54 Å². The van der Waals surface area contributed by atoms with Gasteiger partial charge in [0.15, 0.2) is 5.78 Å². The monoisotopic (exact) mass is 367 g/mol. The largest absolute Gasteiger partial charge is 0.383 e. The second-order valence-electron chi connectivity index (χ2n) is 5.66. The van der Waals surface area contributed by atoms with Crippen LogP contribution >= 0.6 is 11.6 Å². The Balaban J connectivity index is 2.20. The number of rotatable bonds is 7. The molecule has 0 radical (unpaired) electrons. The van der Waals surface area contributed by atoms with Gasteiger partial charge in [-0.2, -0.15) is 0 Å². The highest BCUT2D eigenvalue weighted by Gasteiger charge is 2.15. The molecule has 0 amide bonds. The topological polar surface area (TPSA) is 54.9 Å². The van der Waals surface area contributed by atoms with E-state index in [0.717, 1.165) is 11.4 Å². The van der Waals surface area contributed by atoms with Crippen molar-refractivity contribution >= 4 is 23.5 Å². The van der Waals surface area contributed by atoms with Crippen LogP contribution < -0.4 is 5.32 Å². The van der Waals surface area contributed by atoms with Crippen LogP contribution in [0.1, 0.15) is 42.5 Å². The van der Waals surface area contributed by atoms with Crippen LogP contribution in [0.25, 0.3) is 6.08 Å². The molecular weight excluding hydrogens is 346 g/mol. The van der Waals surface area contributed by atoms with Crippen molar-refractivity contribution in [1.29, 1.82) is 0 Å². The summed E-state index contributed by atoms with van der Waals surface area (Å²) in [5.41, 5.74) is 3.47. The van der Waals surface area contributed by atoms with Crippen LogP contribution in [0.3, 0.4) is 0 Å². The van der Waals surface area contributed by atoms with Crippen LogP contribution in [0.2, 0.25) is 5.02 Å². The van der Waals surface area contributed by atoms with Crippen molar-refractivity contribution in [3.05, 3.63) is 88.1 Å². The van der Waals surface area contributed by atoms with Crippen LogP contribution in [0.4, 0.5) is 0 Å². The maximum absolute atomic E-state index is 12.9. The van der Waals surface area contributed by atoms with Crippen molar-refractivity contribution in [2.24, 2.45) is 0 Å². The minimum absolute atomic E-state index is 0.116. The van der Waals surface area contributed by atoms with Gasteiger partial charge in [-0.15, -0.1) is 0 Å². The Morgan fingerprint density at radius 3 is 2.73 bits per heavy atom. The van der Waals surface area contributed by atoms with E-state index in [1.54, 1.807) is 30.6 Å². The van der Waals surface area contributed by atoms with Gasteiger partial charge in [0.1, 0.15) is 0 Å². The number of allylic oxidation sites excluding steroid dienone is 5. The molecule has 0 aliphatic heterocycles. The average Bonchev–Trinajstić information content (AvgIpc) is 2.66. The fourth-order valence-corrected chi connectivity index (χ4v) is 2.53. The van der Waals surface area contributed by atoms with Crippen molar-refractivity contribution in [1.82, 2.24) is 15.3 Å². The van der Waals surface area contributed by atoms with Gasteiger partial charge in [-0.25, -0.2) is 0 Å². The van der Waals surface area contributed by atoms with Gasteiger partial charge in [0.25, 0.3) is 0 Å². The number of Topliss-reactive ketones (excluding diaryl/α,β-unsaturated/α-hetero) is 1. The lowest BCUT2D eigenvalue weighted by molar-refractivity contribution is 0.103. The Labute approximate surface area is 159 Å². The standard InChI is InChI=1S/C21H22ClN3O/c1-4-8-20-19(12-17(22)13-25-20)21(26)16(5-2)11-15(3)24-14-18-9-6-7-10-23-18/h4-13,24H,14H2,1-3H3/b8-4-,15-11+,16-5+. The molecule has 5 heteroatoms. The maximum Gasteiger partial charge on any atom is 0.194 e. The molecule has 0 aliphatic carbocycles. The minimum atomic E-state index is -0.116. The molecule has 0 aliphatic rings. The van der Waals surface area contributed by atoms with E-state index in [2.05, 4.69) is 15.3 Å². The van der Waals surface area contributed by atoms with Gasteiger partial charge in [-0.3, -0.25) is 14.8 Å². The summed E-state index contributed by atoms with van der Waals surface area (Å²) in [7, 11) is 0. The summed E-state index contributed by atoms with van der Waals surface area (Å²) in [5, 5.41) is 3.71. The first-order valence-electron chi connectivity index (χ1n) is 8.36. The van der Waals surface area contributed by atoms with Gasteiger partial charge in [-0.1, -0.05) is 29.8 Å². The molecule has 0 bridgehead atoms. The minimum Gasteiger partial charge on any atom is -0.383 e. The summed E-state index contributed by atoms with van der Waals surface area (Å²) in [4.78, 5) is 21.5. The molecule has 0 unspecified atom stereocenters. The first kappa shape index (κ1) is 19.6. The van der Waals surface area contributed by atoms with Crippen molar-refractivity contribution in [2.45, 2.75) is 27.3 Å². The third-order valence-electron chi connectivity index (χ3n) is 3.67. The number of pyridine rings is 2. The second kappa shape index (κ2) is 9.68. The molecule has 0 spiro atoms. The molecule has 0 atom stereocenters. The van der Waals surface area contributed by atoms with E-state index in [4.69, 9.17) is 11.6 Å². The van der Waals surface area contributed by atoms with E-state index in [1.165, 1.54) is 0 Å². The zero-order chi connectivity index (χ0) is 18.9. The Morgan fingerprint density at radius 1 is 1.27 bits per heavy atom. The highest BCUT2D eigenvalue weighted by atomic mass is 35.5. The first-order valence-corrected chi connectivity index (χ1v) is 8.74. The fraction of sp³-hybridized carbons (Fsp3) is 0.190. The lowest BCUT2D eigenvalue weighted by Crippen LogP contribution is -2.13. The van der Waals surface area contributed by atoms with E-state index in [9.17, 15) is 4.79 Å². The van der Waals surface area contributed by atoms with Crippen LogP contribution in [0.15, 0.2) is 66.2 Å². The van der Waals surface area contributed by atoms with Gasteiger partial charge < -0.3 is 5.32 Å². The number of carbonyl (C=O) groups excluding carboxylic acids is 1. The highest BCUT2D eigenvalue weighted by Crippen LogP contribution is 2.19. The van der Waals surface area contributed by atoms with Crippen LogP contribution in [0, 0.1) is 0 Å². The lowest BCUT2D eigenvalue weighted by Gasteiger charge is -2.09. The molecule has 2 rings (SSSR count). The summed E-state index contributed by atoms with van der Waals surface area (Å²) in [5.74, 6) is -0.116. The number of aromatic nitrogens is 2. The third-order valence-corrected chi connectivity index (χ3v) is 3.88. The van der Waals surface area contributed by atoms with Crippen molar-refractivity contribution in [2.75, 3.05) is 0 Å². The zero-order valence-electron chi connectivity index (χ0n) is 15.2. The number of nitrogens with one attached hydrogen (secondary N) is 1. The molecule has 4 nitrogen and oxygen atoms in total. The molecule has 1 N–H and O–H groups in total. The fourth-order valence-electron chi connectivity index (χ4n) is 2.37. The highest BCUT2D eigenvalue weighted by molar-refractivity contribution is 6.31. The van der Waals surface area contributed by atoms with Crippen LogP contribution in [0.5, 0.6) is 0 Å². The summed E-state index contributed by atoms with van der Waals surface area (Å²) in [6.07, 6.45) is 10.6. The molecular formula is C21H22ClN3O. The smallest absolute Gasteiger partial charge is 0.194 e. The molecule has 2 aromatic rings. The number of nitrogens with zero attached hydrogens (tertiary/aromatic N) is 2. The van der Waals surface area contributed by atoms with Crippen molar-refractivity contribution in [3.8, 4) is 0 Å². The van der Waals surface area contributed by atoms with Crippen molar-refractivity contribution < 1.29 is 4.79 Å². The number of hydrogen-bond donors (Lipinski definition) is 1. The molecule has 0 aromatic carbocycles. The molecule has 26 heavy (non-hydrogen) atoms. The van der Waals surface area contributed by atoms with Gasteiger partial charge in [0.05, 0.1) is 23.0 Å². The Hall–Kier alpha value is -2.72. The van der Waals surface area contributed by atoms with E-state index in [0.29, 0.717) is 28.4 Å². The predicted octanol–water partition coefficient (Wildman–Crippen LogP) is 4.99. The Morgan fingerprint density at radius 2 is 2.08 bits per heavy atom. The van der Waals surface area contributed by atoms with Gasteiger partial charge in [0.2, 0.25) is 0 Å². The third kappa shape index (κ3) is 5.39. The molecule has 0 fully saturated rings. The number of carbonyl (C=O) groups is 1. The van der Waals surface area contributed by atoms with E-state index in [-0.39, 0.29) is 5.78 Å². The zero-order valence-corrected chi connectivity index (χ0v) is 15.9. The Bertz CT molecular complexity index is 855. The lowest BCUT2D eigenvalue weighted by atomic mass is 10.0. The van der Waals surface area contributed by atoms with E-state index < -0.39 is 0 Å². The summed E-state index contributed by atoms with van der Waals surface area (Å²) in [6.45, 7) is 6.23. The molecule has 2 heterocycles. The van der Waals surface area contributed by atoms with Gasteiger partial charge >= 0.3 is 0 Å². The van der Waals surface area contributed by atoms with E-state index >= 15 is 0 Å². The number of ketones is 1. The first-order chi connectivity index (χ1) is 12.5. The second-order valence-corrected chi connectivity index (χ2v) is 6.10. The molecule has 0 saturated heterocycles. The normalized spacial score (nSPS) is 12.5. The predicted molar refractivity (Wildman–Crippen MR) is 107 cm³/mol. The van der Waals surface area contributed by atoms with Crippen LogP contribution in [-0.4, -0.2) is 15.8 Å². The molecule has 2 aromatic heterocycles. The average molecular weight is 368 g/mol. The number of hydrogen-bond acceptors (Lipinski definition) is 4. The Kier molecular flexibility index (Phi) is 7.30.